The van der Waals surface area contributed by atoms with Crippen LogP contribution in [0.1, 0.15) is 11.3 Å². The van der Waals surface area contributed by atoms with Crippen molar-refractivity contribution in [1.82, 2.24) is 24.4 Å². The normalized spacial score (nSPS) is 11.4. The fourth-order valence-corrected chi connectivity index (χ4v) is 3.68. The Morgan fingerprint density at radius 1 is 1.00 bits per heavy atom. The van der Waals surface area contributed by atoms with Crippen molar-refractivity contribution < 1.29 is 4.39 Å². The van der Waals surface area contributed by atoms with Gasteiger partial charge in [-0.05, 0) is 48.4 Å². The van der Waals surface area contributed by atoms with Crippen LogP contribution < -0.4 is 5.56 Å². The summed E-state index contributed by atoms with van der Waals surface area (Å²) >= 11 is 5.93. The largest absolute Gasteiger partial charge is 0.309 e. The number of rotatable bonds is 3. The Balaban J connectivity index is 1.65. The van der Waals surface area contributed by atoms with Crippen molar-refractivity contribution in [3.8, 4) is 11.1 Å². The van der Waals surface area contributed by atoms with Gasteiger partial charge in [0.25, 0.3) is 5.56 Å². The molecule has 8 heteroatoms. The first-order valence-electron chi connectivity index (χ1n) is 9.27. The lowest BCUT2D eigenvalue weighted by molar-refractivity contribution is 0.628. The van der Waals surface area contributed by atoms with Gasteiger partial charge in [0.15, 0.2) is 11.2 Å². The molecule has 148 valence electrons. The zero-order chi connectivity index (χ0) is 20.8. The van der Waals surface area contributed by atoms with Crippen LogP contribution >= 0.6 is 11.6 Å². The third-order valence-electron chi connectivity index (χ3n) is 5.03. The lowest BCUT2D eigenvalue weighted by Crippen LogP contribution is -2.22. The SMILES string of the molecule is Cc1nn2c(nnc3c(=O)n(Cc4ccc(Cl)cc4)ccc32)c1-c1ccc(F)cc1. The third kappa shape index (κ3) is 3.04. The number of hydrogen-bond donors (Lipinski definition) is 0. The average molecular weight is 420 g/mol. The molecule has 3 aromatic heterocycles. The number of aromatic nitrogens is 5. The number of nitrogens with zero attached hydrogens (tertiary/aromatic N) is 5. The van der Waals surface area contributed by atoms with Gasteiger partial charge in [0.2, 0.25) is 0 Å². The summed E-state index contributed by atoms with van der Waals surface area (Å²) < 4.78 is 16.5. The Morgan fingerprint density at radius 2 is 1.73 bits per heavy atom. The summed E-state index contributed by atoms with van der Waals surface area (Å²) in [4.78, 5) is 13.0. The van der Waals surface area contributed by atoms with Gasteiger partial charge >= 0.3 is 0 Å². The molecule has 0 aliphatic rings. The van der Waals surface area contributed by atoms with Crippen LogP contribution in [0.3, 0.4) is 0 Å². The Morgan fingerprint density at radius 3 is 2.47 bits per heavy atom. The molecule has 0 aliphatic carbocycles. The number of hydrogen-bond acceptors (Lipinski definition) is 4. The standard InChI is InChI=1S/C22H15ClFN5O/c1-13-19(15-4-8-17(24)9-5-15)21-26-25-20-18(29(21)27-13)10-11-28(22(20)30)12-14-2-6-16(23)7-3-14/h2-11H,12H2,1H3. The van der Waals surface area contributed by atoms with Crippen molar-refractivity contribution in [3.63, 3.8) is 0 Å². The molecule has 0 atom stereocenters. The number of aryl methyl sites for hydroxylation is 1. The zero-order valence-corrected chi connectivity index (χ0v) is 16.6. The highest BCUT2D eigenvalue weighted by Gasteiger charge is 2.17. The lowest BCUT2D eigenvalue weighted by Gasteiger charge is -2.08. The predicted octanol–water partition coefficient (Wildman–Crippen LogP) is 4.26. The van der Waals surface area contributed by atoms with Crippen molar-refractivity contribution in [3.05, 3.63) is 93.2 Å². The van der Waals surface area contributed by atoms with Crippen molar-refractivity contribution in [2.75, 3.05) is 0 Å². The molecule has 0 saturated carbocycles. The summed E-state index contributed by atoms with van der Waals surface area (Å²) in [7, 11) is 0. The molecule has 30 heavy (non-hydrogen) atoms. The van der Waals surface area contributed by atoms with Crippen LogP contribution in [0.15, 0.2) is 65.6 Å². The third-order valence-corrected chi connectivity index (χ3v) is 5.28. The van der Waals surface area contributed by atoms with Gasteiger partial charge in [0, 0.05) is 11.2 Å². The summed E-state index contributed by atoms with van der Waals surface area (Å²) in [6.07, 6.45) is 1.72. The van der Waals surface area contributed by atoms with Crippen LogP contribution in [0, 0.1) is 12.7 Å². The van der Waals surface area contributed by atoms with Gasteiger partial charge < -0.3 is 4.57 Å². The molecule has 0 unspecified atom stereocenters. The predicted molar refractivity (Wildman–Crippen MR) is 113 cm³/mol. The Hall–Kier alpha value is -3.58. The molecule has 5 aromatic rings. The second kappa shape index (κ2) is 7.03. The smallest absolute Gasteiger partial charge is 0.280 e. The molecule has 0 fully saturated rings. The first-order chi connectivity index (χ1) is 14.5. The van der Waals surface area contributed by atoms with Crippen LogP contribution in [0.25, 0.3) is 27.8 Å². The molecule has 3 heterocycles. The minimum atomic E-state index is -0.314. The molecule has 0 radical (unpaired) electrons. The van der Waals surface area contributed by atoms with E-state index in [1.54, 1.807) is 45.6 Å². The zero-order valence-electron chi connectivity index (χ0n) is 15.9. The highest BCUT2D eigenvalue weighted by atomic mass is 35.5. The van der Waals surface area contributed by atoms with E-state index in [4.69, 9.17) is 11.6 Å². The van der Waals surface area contributed by atoms with E-state index in [1.165, 1.54) is 12.1 Å². The molecule has 6 nitrogen and oxygen atoms in total. The summed E-state index contributed by atoms with van der Waals surface area (Å²) in [5, 5.41) is 13.7. The highest BCUT2D eigenvalue weighted by molar-refractivity contribution is 6.30. The second-order valence-corrected chi connectivity index (χ2v) is 7.45. The maximum atomic E-state index is 13.3. The van der Waals surface area contributed by atoms with E-state index in [1.807, 2.05) is 19.1 Å². The van der Waals surface area contributed by atoms with E-state index in [-0.39, 0.29) is 16.9 Å². The molecule has 0 N–H and O–H groups in total. The van der Waals surface area contributed by atoms with E-state index in [0.29, 0.717) is 28.4 Å². The van der Waals surface area contributed by atoms with Crippen LogP contribution in [0.4, 0.5) is 4.39 Å². The van der Waals surface area contributed by atoms with Crippen molar-refractivity contribution >= 4 is 28.3 Å². The monoisotopic (exact) mass is 419 g/mol. The van der Waals surface area contributed by atoms with E-state index in [2.05, 4.69) is 15.3 Å². The summed E-state index contributed by atoms with van der Waals surface area (Å²) in [6.45, 7) is 2.24. The van der Waals surface area contributed by atoms with Crippen LogP contribution in [0.5, 0.6) is 0 Å². The molecule has 2 aromatic carbocycles. The maximum absolute atomic E-state index is 13.3. The number of halogens is 2. The van der Waals surface area contributed by atoms with E-state index < -0.39 is 0 Å². The highest BCUT2D eigenvalue weighted by Crippen LogP contribution is 2.28. The number of fused-ring (bicyclic) bond motifs is 3. The van der Waals surface area contributed by atoms with Gasteiger partial charge in [-0.15, -0.1) is 10.2 Å². The first kappa shape index (κ1) is 18.4. The molecule has 0 amide bonds. The Labute approximate surface area is 175 Å². The molecular formula is C22H15ClFN5O. The molecule has 0 spiro atoms. The van der Waals surface area contributed by atoms with Crippen LogP contribution in [0.2, 0.25) is 5.02 Å². The van der Waals surface area contributed by atoms with Crippen LogP contribution in [-0.4, -0.2) is 24.4 Å². The van der Waals surface area contributed by atoms with Gasteiger partial charge in [0.05, 0.1) is 17.8 Å². The van der Waals surface area contributed by atoms with Gasteiger partial charge in [-0.3, -0.25) is 4.79 Å². The topological polar surface area (TPSA) is 65.1 Å². The van der Waals surface area contributed by atoms with Gasteiger partial charge in [-0.25, -0.2) is 8.91 Å². The second-order valence-electron chi connectivity index (χ2n) is 7.01. The first-order valence-corrected chi connectivity index (χ1v) is 9.64. The Kier molecular flexibility index (Phi) is 4.33. The quantitative estimate of drug-likeness (QED) is 0.438. The Bertz CT molecular complexity index is 1460. The van der Waals surface area contributed by atoms with E-state index in [0.717, 1.165) is 16.7 Å². The minimum Gasteiger partial charge on any atom is -0.309 e. The van der Waals surface area contributed by atoms with Crippen molar-refractivity contribution in [1.29, 1.82) is 0 Å². The fraction of sp³-hybridized carbons (Fsp3) is 0.0909. The summed E-state index contributed by atoms with van der Waals surface area (Å²) in [5.41, 5.74) is 4.26. The van der Waals surface area contributed by atoms with Crippen molar-refractivity contribution in [2.45, 2.75) is 13.5 Å². The molecule has 0 bridgehead atoms. The minimum absolute atomic E-state index is 0.229. The van der Waals surface area contributed by atoms with E-state index >= 15 is 0 Å². The lowest BCUT2D eigenvalue weighted by atomic mass is 10.1. The molecular weight excluding hydrogens is 405 g/mol. The number of benzene rings is 2. The summed E-state index contributed by atoms with van der Waals surface area (Å²) in [6, 6.07) is 15.3. The van der Waals surface area contributed by atoms with Crippen molar-refractivity contribution in [2.24, 2.45) is 0 Å². The van der Waals surface area contributed by atoms with Crippen LogP contribution in [-0.2, 0) is 6.54 Å². The fourth-order valence-electron chi connectivity index (χ4n) is 3.56. The summed E-state index contributed by atoms with van der Waals surface area (Å²) in [5.74, 6) is -0.314. The van der Waals surface area contributed by atoms with Gasteiger partial charge in [-0.2, -0.15) is 5.10 Å². The average Bonchev–Trinajstić information content (AvgIpc) is 3.08. The van der Waals surface area contributed by atoms with Gasteiger partial charge in [-0.1, -0.05) is 35.9 Å². The molecule has 0 aliphatic heterocycles. The molecule has 5 rings (SSSR count). The van der Waals surface area contributed by atoms with Gasteiger partial charge in [0.1, 0.15) is 11.3 Å². The molecule has 0 saturated heterocycles. The number of pyridine rings is 1. The van der Waals surface area contributed by atoms with E-state index in [9.17, 15) is 9.18 Å². The maximum Gasteiger partial charge on any atom is 0.280 e.